The van der Waals surface area contributed by atoms with Crippen LogP contribution < -0.4 is 5.73 Å². The molecular formula is C14H29NO. The number of nitrogens with two attached hydrogens (primary N) is 1. The molecule has 0 aromatic carbocycles. The van der Waals surface area contributed by atoms with Gasteiger partial charge in [-0.2, -0.15) is 0 Å². The summed E-state index contributed by atoms with van der Waals surface area (Å²) in [5.41, 5.74) is 5.47. The second kappa shape index (κ2) is 5.50. The van der Waals surface area contributed by atoms with Gasteiger partial charge in [-0.25, -0.2) is 0 Å². The molecule has 1 rings (SSSR count). The summed E-state index contributed by atoms with van der Waals surface area (Å²) in [4.78, 5) is 0. The standard InChI is InChI=1S/C14H29NO/c1-4-8-14(16,5-2)13(11-15)9-6-12(3)7-10-13/h12,16H,4-11,15H2,1-3H3. The van der Waals surface area contributed by atoms with Crippen LogP contribution >= 0.6 is 0 Å². The first-order valence-electron chi connectivity index (χ1n) is 6.96. The lowest BCUT2D eigenvalue weighted by atomic mass is 9.59. The van der Waals surface area contributed by atoms with Crippen molar-refractivity contribution < 1.29 is 5.11 Å². The molecule has 0 heterocycles. The van der Waals surface area contributed by atoms with E-state index in [0.29, 0.717) is 6.54 Å². The van der Waals surface area contributed by atoms with Gasteiger partial charge in [0.05, 0.1) is 5.60 Å². The highest BCUT2D eigenvalue weighted by Gasteiger charge is 2.48. The molecule has 3 N–H and O–H groups in total. The minimum absolute atomic E-state index is 0.00965. The molecule has 1 aliphatic rings. The van der Waals surface area contributed by atoms with E-state index in [9.17, 15) is 5.11 Å². The van der Waals surface area contributed by atoms with E-state index in [1.807, 2.05) is 0 Å². The zero-order valence-electron chi connectivity index (χ0n) is 11.3. The molecule has 0 aromatic rings. The molecule has 2 nitrogen and oxygen atoms in total. The smallest absolute Gasteiger partial charge is 0.0713 e. The van der Waals surface area contributed by atoms with E-state index in [2.05, 4.69) is 20.8 Å². The molecule has 0 bridgehead atoms. The molecule has 0 spiro atoms. The predicted molar refractivity (Wildman–Crippen MR) is 69.3 cm³/mol. The van der Waals surface area contributed by atoms with Crippen molar-refractivity contribution in [3.8, 4) is 0 Å². The highest BCUT2D eigenvalue weighted by Crippen LogP contribution is 2.49. The summed E-state index contributed by atoms with van der Waals surface area (Å²) in [6.45, 7) is 7.21. The van der Waals surface area contributed by atoms with Crippen molar-refractivity contribution in [2.45, 2.75) is 71.3 Å². The van der Waals surface area contributed by atoms with Crippen LogP contribution in [0.1, 0.15) is 65.7 Å². The van der Waals surface area contributed by atoms with E-state index in [0.717, 1.165) is 38.0 Å². The van der Waals surface area contributed by atoms with Gasteiger partial charge in [-0.15, -0.1) is 0 Å². The third kappa shape index (κ3) is 2.43. The Hall–Kier alpha value is -0.0800. The molecule has 0 aliphatic heterocycles. The van der Waals surface area contributed by atoms with Crippen LogP contribution in [0.25, 0.3) is 0 Å². The topological polar surface area (TPSA) is 46.2 Å². The molecule has 1 fully saturated rings. The van der Waals surface area contributed by atoms with E-state index in [1.165, 1.54) is 12.8 Å². The molecule has 0 radical (unpaired) electrons. The summed E-state index contributed by atoms with van der Waals surface area (Å²) in [5, 5.41) is 10.9. The lowest BCUT2D eigenvalue weighted by Gasteiger charge is -2.50. The molecule has 0 amide bonds. The monoisotopic (exact) mass is 227 g/mol. The molecule has 1 aliphatic carbocycles. The first kappa shape index (κ1) is 14.0. The van der Waals surface area contributed by atoms with Crippen LogP contribution in [0.15, 0.2) is 0 Å². The van der Waals surface area contributed by atoms with Crippen molar-refractivity contribution in [1.82, 2.24) is 0 Å². The number of hydrogen-bond acceptors (Lipinski definition) is 2. The van der Waals surface area contributed by atoms with E-state index in [4.69, 9.17) is 5.73 Å². The molecular weight excluding hydrogens is 198 g/mol. The summed E-state index contributed by atoms with van der Waals surface area (Å²) >= 11 is 0. The third-order valence-corrected chi connectivity index (χ3v) is 4.86. The number of hydrogen-bond donors (Lipinski definition) is 2. The Morgan fingerprint density at radius 1 is 1.31 bits per heavy atom. The maximum absolute atomic E-state index is 10.9. The van der Waals surface area contributed by atoms with E-state index >= 15 is 0 Å². The Labute approximate surface area is 101 Å². The minimum Gasteiger partial charge on any atom is -0.389 e. The lowest BCUT2D eigenvalue weighted by Crippen LogP contribution is -2.54. The average molecular weight is 227 g/mol. The van der Waals surface area contributed by atoms with Gasteiger partial charge in [-0.05, 0) is 31.6 Å². The van der Waals surface area contributed by atoms with Gasteiger partial charge < -0.3 is 10.8 Å². The summed E-state index contributed by atoms with van der Waals surface area (Å²) in [6.07, 6.45) is 7.44. The van der Waals surface area contributed by atoms with Gasteiger partial charge in [0.2, 0.25) is 0 Å². The van der Waals surface area contributed by atoms with Gasteiger partial charge in [-0.1, -0.05) is 40.0 Å². The molecule has 0 aromatic heterocycles. The van der Waals surface area contributed by atoms with Gasteiger partial charge >= 0.3 is 0 Å². The maximum Gasteiger partial charge on any atom is 0.0713 e. The van der Waals surface area contributed by atoms with Crippen molar-refractivity contribution in [2.24, 2.45) is 17.1 Å². The second-order valence-electron chi connectivity index (χ2n) is 5.80. The van der Waals surface area contributed by atoms with Crippen molar-refractivity contribution in [2.75, 3.05) is 6.54 Å². The zero-order valence-corrected chi connectivity index (χ0v) is 11.3. The van der Waals surface area contributed by atoms with Crippen LogP contribution in [-0.2, 0) is 0 Å². The molecule has 1 atom stereocenters. The highest BCUT2D eigenvalue weighted by atomic mass is 16.3. The maximum atomic E-state index is 10.9. The minimum atomic E-state index is -0.531. The number of aliphatic hydroxyl groups is 1. The van der Waals surface area contributed by atoms with E-state index in [1.54, 1.807) is 0 Å². The Morgan fingerprint density at radius 2 is 1.88 bits per heavy atom. The second-order valence-corrected chi connectivity index (χ2v) is 5.80. The summed E-state index contributed by atoms with van der Waals surface area (Å²) in [6, 6.07) is 0. The summed E-state index contributed by atoms with van der Waals surface area (Å²) in [7, 11) is 0. The van der Waals surface area contributed by atoms with Gasteiger partial charge in [-0.3, -0.25) is 0 Å². The van der Waals surface area contributed by atoms with Gasteiger partial charge in [0.1, 0.15) is 0 Å². The fraction of sp³-hybridized carbons (Fsp3) is 1.00. The average Bonchev–Trinajstić information content (AvgIpc) is 2.30. The van der Waals surface area contributed by atoms with Crippen molar-refractivity contribution >= 4 is 0 Å². The quantitative estimate of drug-likeness (QED) is 0.758. The van der Waals surface area contributed by atoms with Crippen LogP contribution in [0.4, 0.5) is 0 Å². The Kier molecular flexibility index (Phi) is 4.81. The highest BCUT2D eigenvalue weighted by molar-refractivity contribution is 5.00. The molecule has 16 heavy (non-hydrogen) atoms. The summed E-state index contributed by atoms with van der Waals surface area (Å²) in [5.74, 6) is 0.808. The Morgan fingerprint density at radius 3 is 2.25 bits per heavy atom. The van der Waals surface area contributed by atoms with Crippen molar-refractivity contribution in [1.29, 1.82) is 0 Å². The molecule has 2 heteroatoms. The van der Waals surface area contributed by atoms with E-state index in [-0.39, 0.29) is 5.41 Å². The Balaban J connectivity index is 2.84. The van der Waals surface area contributed by atoms with Crippen molar-refractivity contribution in [3.05, 3.63) is 0 Å². The molecule has 1 saturated carbocycles. The normalized spacial score (nSPS) is 34.7. The number of rotatable bonds is 5. The first-order valence-corrected chi connectivity index (χ1v) is 6.96. The van der Waals surface area contributed by atoms with Crippen LogP contribution in [0.5, 0.6) is 0 Å². The van der Waals surface area contributed by atoms with Crippen LogP contribution in [0.3, 0.4) is 0 Å². The predicted octanol–water partition coefficient (Wildman–Crippen LogP) is 3.08. The van der Waals surface area contributed by atoms with Crippen LogP contribution in [0, 0.1) is 11.3 Å². The molecule has 96 valence electrons. The van der Waals surface area contributed by atoms with Crippen LogP contribution in [-0.4, -0.2) is 17.3 Å². The largest absolute Gasteiger partial charge is 0.389 e. The SMILES string of the molecule is CCCC(O)(CC)C1(CN)CCC(C)CC1. The Bertz CT molecular complexity index is 209. The van der Waals surface area contributed by atoms with Gasteiger partial charge in [0.25, 0.3) is 0 Å². The third-order valence-electron chi connectivity index (χ3n) is 4.86. The van der Waals surface area contributed by atoms with E-state index < -0.39 is 5.60 Å². The van der Waals surface area contributed by atoms with Crippen LogP contribution in [0.2, 0.25) is 0 Å². The van der Waals surface area contributed by atoms with Crippen molar-refractivity contribution in [3.63, 3.8) is 0 Å². The lowest BCUT2D eigenvalue weighted by molar-refractivity contribution is -0.112. The first-order chi connectivity index (χ1) is 7.53. The fourth-order valence-corrected chi connectivity index (χ4v) is 3.40. The summed E-state index contributed by atoms with van der Waals surface area (Å²) < 4.78 is 0. The molecule has 1 unspecified atom stereocenters. The van der Waals surface area contributed by atoms with Gasteiger partial charge in [0.15, 0.2) is 0 Å². The molecule has 0 saturated heterocycles. The van der Waals surface area contributed by atoms with Gasteiger partial charge in [0, 0.05) is 12.0 Å². The fourth-order valence-electron chi connectivity index (χ4n) is 3.40. The zero-order chi connectivity index (χ0) is 12.2.